The van der Waals surface area contributed by atoms with E-state index in [9.17, 15) is 13.5 Å². The number of aromatic hydroxyl groups is 1. The van der Waals surface area contributed by atoms with Gasteiger partial charge in [0, 0.05) is 12.6 Å². The predicted octanol–water partition coefficient (Wildman–Crippen LogP) is 2.22. The molecule has 8 heteroatoms. The highest BCUT2D eigenvalue weighted by atomic mass is 35.5. The number of benzene rings is 1. The van der Waals surface area contributed by atoms with Crippen molar-refractivity contribution in [1.29, 1.82) is 0 Å². The third-order valence-electron chi connectivity index (χ3n) is 3.19. The summed E-state index contributed by atoms with van der Waals surface area (Å²) in [5.41, 5.74) is 0. The van der Waals surface area contributed by atoms with Crippen molar-refractivity contribution >= 4 is 21.6 Å². The van der Waals surface area contributed by atoms with Gasteiger partial charge in [-0.3, -0.25) is 4.90 Å². The second kappa shape index (κ2) is 6.70. The van der Waals surface area contributed by atoms with E-state index in [-0.39, 0.29) is 28.3 Å². The van der Waals surface area contributed by atoms with Gasteiger partial charge >= 0.3 is 0 Å². The van der Waals surface area contributed by atoms with Crippen molar-refractivity contribution in [2.24, 2.45) is 0 Å². The Labute approximate surface area is 134 Å². The molecule has 0 saturated carbocycles. The van der Waals surface area contributed by atoms with E-state index < -0.39 is 10.0 Å². The maximum Gasteiger partial charge on any atom is 0.240 e. The highest BCUT2D eigenvalue weighted by Gasteiger charge is 2.22. The third kappa shape index (κ3) is 3.80. The number of phenols is 1. The number of halogens is 1. The molecule has 1 aromatic carbocycles. The lowest BCUT2D eigenvalue weighted by molar-refractivity contribution is 0.259. The normalized spacial score (nSPS) is 13.5. The monoisotopic (exact) mass is 344 g/mol. The Bertz CT molecular complexity index is 729. The van der Waals surface area contributed by atoms with Gasteiger partial charge in [-0.25, -0.2) is 13.1 Å². The zero-order valence-corrected chi connectivity index (χ0v) is 13.7. The van der Waals surface area contributed by atoms with Gasteiger partial charge in [-0.2, -0.15) is 0 Å². The number of hydrogen-bond donors (Lipinski definition) is 2. The molecule has 2 rings (SSSR count). The van der Waals surface area contributed by atoms with Crippen LogP contribution in [-0.2, 0) is 10.0 Å². The minimum atomic E-state index is -3.76. The van der Waals surface area contributed by atoms with E-state index in [1.807, 2.05) is 19.0 Å². The second-order valence-corrected chi connectivity index (χ2v) is 7.13. The van der Waals surface area contributed by atoms with E-state index in [1.54, 1.807) is 12.1 Å². The largest absolute Gasteiger partial charge is 0.506 e. The Morgan fingerprint density at radius 1 is 1.36 bits per heavy atom. The molecule has 0 saturated heterocycles. The molecule has 1 aromatic heterocycles. The van der Waals surface area contributed by atoms with Crippen LogP contribution in [0, 0.1) is 0 Å². The van der Waals surface area contributed by atoms with Crippen molar-refractivity contribution in [1.82, 2.24) is 9.62 Å². The lowest BCUT2D eigenvalue weighted by atomic mass is 10.2. The van der Waals surface area contributed by atoms with Crippen LogP contribution in [0.25, 0.3) is 0 Å². The molecule has 120 valence electrons. The number of phenolic OH excluding ortho intramolecular Hbond substituents is 1. The van der Waals surface area contributed by atoms with Crippen molar-refractivity contribution < 1.29 is 17.9 Å². The van der Waals surface area contributed by atoms with Crippen molar-refractivity contribution in [2.45, 2.75) is 10.9 Å². The first kappa shape index (κ1) is 16.8. The van der Waals surface area contributed by atoms with Gasteiger partial charge in [-0.05, 0) is 38.4 Å². The van der Waals surface area contributed by atoms with Gasteiger partial charge in [-0.1, -0.05) is 11.6 Å². The average Bonchev–Trinajstić information content (AvgIpc) is 2.95. The summed E-state index contributed by atoms with van der Waals surface area (Å²) in [6.07, 6.45) is 1.54. The van der Waals surface area contributed by atoms with Crippen LogP contribution in [0.15, 0.2) is 45.9 Å². The average molecular weight is 345 g/mol. The van der Waals surface area contributed by atoms with Gasteiger partial charge < -0.3 is 9.52 Å². The molecular formula is C14H17ClN2O4S. The molecule has 22 heavy (non-hydrogen) atoms. The minimum absolute atomic E-state index is 0.0497. The maximum absolute atomic E-state index is 12.3. The van der Waals surface area contributed by atoms with E-state index in [1.165, 1.54) is 18.4 Å². The number of rotatable bonds is 6. The zero-order chi connectivity index (χ0) is 16.3. The van der Waals surface area contributed by atoms with E-state index >= 15 is 0 Å². The molecule has 0 fully saturated rings. The Hall–Kier alpha value is -1.54. The van der Waals surface area contributed by atoms with Gasteiger partial charge in [0.05, 0.1) is 22.2 Å². The zero-order valence-electron chi connectivity index (χ0n) is 12.2. The summed E-state index contributed by atoms with van der Waals surface area (Å²) >= 11 is 5.68. The van der Waals surface area contributed by atoms with Gasteiger partial charge in [0.1, 0.15) is 11.5 Å². The fourth-order valence-electron chi connectivity index (χ4n) is 1.95. The Morgan fingerprint density at radius 3 is 2.64 bits per heavy atom. The summed E-state index contributed by atoms with van der Waals surface area (Å²) in [6, 6.07) is 7.07. The molecule has 1 heterocycles. The first-order valence-electron chi connectivity index (χ1n) is 6.49. The van der Waals surface area contributed by atoms with E-state index in [0.29, 0.717) is 5.76 Å². The Kier molecular flexibility index (Phi) is 5.12. The van der Waals surface area contributed by atoms with Crippen LogP contribution in [0.4, 0.5) is 0 Å². The number of hydrogen-bond acceptors (Lipinski definition) is 5. The fraction of sp³-hybridized carbons (Fsp3) is 0.286. The van der Waals surface area contributed by atoms with Crippen LogP contribution in [-0.4, -0.2) is 39.1 Å². The van der Waals surface area contributed by atoms with Crippen LogP contribution < -0.4 is 4.72 Å². The van der Waals surface area contributed by atoms with Crippen molar-refractivity contribution in [3.05, 3.63) is 47.4 Å². The fourth-order valence-corrected chi connectivity index (χ4v) is 3.13. The first-order valence-corrected chi connectivity index (χ1v) is 8.35. The van der Waals surface area contributed by atoms with Crippen molar-refractivity contribution in [3.63, 3.8) is 0 Å². The van der Waals surface area contributed by atoms with Crippen LogP contribution >= 0.6 is 11.6 Å². The number of nitrogens with zero attached hydrogens (tertiary/aromatic N) is 1. The number of nitrogens with one attached hydrogen (secondary N) is 1. The van der Waals surface area contributed by atoms with E-state index in [0.717, 1.165) is 6.07 Å². The molecule has 6 nitrogen and oxygen atoms in total. The predicted molar refractivity (Wildman–Crippen MR) is 83.4 cm³/mol. The first-order chi connectivity index (χ1) is 10.3. The molecule has 0 radical (unpaired) electrons. The number of sulfonamides is 1. The summed E-state index contributed by atoms with van der Waals surface area (Å²) < 4.78 is 32.4. The molecule has 1 atom stereocenters. The van der Waals surface area contributed by atoms with Crippen LogP contribution in [0.2, 0.25) is 5.02 Å². The highest BCUT2D eigenvalue weighted by Crippen LogP contribution is 2.26. The van der Waals surface area contributed by atoms with Crippen molar-refractivity contribution in [2.75, 3.05) is 20.6 Å². The molecule has 0 aliphatic carbocycles. The molecular weight excluding hydrogens is 328 g/mol. The topological polar surface area (TPSA) is 82.8 Å². The van der Waals surface area contributed by atoms with Gasteiger partial charge in [0.25, 0.3) is 0 Å². The number of likely N-dealkylation sites (N-methyl/N-ethyl adjacent to an activating group) is 1. The van der Waals surface area contributed by atoms with Crippen LogP contribution in [0.5, 0.6) is 5.75 Å². The quantitative estimate of drug-likeness (QED) is 0.839. The summed E-state index contributed by atoms with van der Waals surface area (Å²) in [4.78, 5) is 1.80. The molecule has 0 bridgehead atoms. The van der Waals surface area contributed by atoms with Gasteiger partial charge in [-0.15, -0.1) is 0 Å². The van der Waals surface area contributed by atoms with Gasteiger partial charge in [0.15, 0.2) is 0 Å². The van der Waals surface area contributed by atoms with Crippen LogP contribution in [0.1, 0.15) is 11.8 Å². The molecule has 0 aliphatic rings. The van der Waals surface area contributed by atoms with E-state index in [4.69, 9.17) is 16.0 Å². The number of furan rings is 1. The lowest BCUT2D eigenvalue weighted by Crippen LogP contribution is -2.34. The van der Waals surface area contributed by atoms with Gasteiger partial charge in [0.2, 0.25) is 10.0 Å². The highest BCUT2D eigenvalue weighted by molar-refractivity contribution is 7.89. The Morgan fingerprint density at radius 2 is 2.09 bits per heavy atom. The smallest absolute Gasteiger partial charge is 0.240 e. The second-order valence-electron chi connectivity index (χ2n) is 4.96. The van der Waals surface area contributed by atoms with E-state index in [2.05, 4.69) is 4.72 Å². The summed E-state index contributed by atoms with van der Waals surface area (Å²) in [5, 5.41) is 9.63. The molecule has 2 N–H and O–H groups in total. The summed E-state index contributed by atoms with van der Waals surface area (Å²) in [7, 11) is -0.0982. The van der Waals surface area contributed by atoms with Crippen molar-refractivity contribution in [3.8, 4) is 5.75 Å². The molecule has 0 spiro atoms. The summed E-state index contributed by atoms with van der Waals surface area (Å²) in [5.74, 6) is 0.381. The molecule has 1 unspecified atom stereocenters. The summed E-state index contributed by atoms with van der Waals surface area (Å²) in [6.45, 7) is 0.131. The molecule has 2 aromatic rings. The molecule has 0 amide bonds. The minimum Gasteiger partial charge on any atom is -0.506 e. The third-order valence-corrected chi connectivity index (χ3v) is 4.93. The molecule has 0 aliphatic heterocycles. The maximum atomic E-state index is 12.3. The Balaban J connectivity index is 2.16. The van der Waals surface area contributed by atoms with Crippen LogP contribution in [0.3, 0.4) is 0 Å². The lowest BCUT2D eigenvalue weighted by Gasteiger charge is -2.22. The standard InChI is InChI=1S/C14H17ClN2O4S/c1-17(2)12(14-4-3-7-21-14)9-16-22(19,20)10-5-6-11(15)13(18)8-10/h3-8,12,16,18H,9H2,1-2H3. The SMILES string of the molecule is CN(C)C(CNS(=O)(=O)c1ccc(Cl)c(O)c1)c1ccco1.